The molecular weight excluding hydrogens is 454 g/mol. The number of likely N-dealkylation sites (N-methyl/N-ethyl adjacent to an activating group) is 1. The summed E-state index contributed by atoms with van der Waals surface area (Å²) in [4.78, 5) is 43.2. The van der Waals surface area contributed by atoms with Crippen molar-refractivity contribution in [1.29, 1.82) is 0 Å². The quantitative estimate of drug-likeness (QED) is 0.685. The predicted octanol–water partition coefficient (Wildman–Crippen LogP) is 3.08. The lowest BCUT2D eigenvalue weighted by Gasteiger charge is -2.54. The smallest absolute Gasteiger partial charge is 0.333 e. The van der Waals surface area contributed by atoms with Crippen molar-refractivity contribution in [2.45, 2.75) is 45.1 Å². The van der Waals surface area contributed by atoms with Crippen molar-refractivity contribution in [3.63, 3.8) is 0 Å². The maximum absolute atomic E-state index is 13.4. The zero-order valence-corrected chi connectivity index (χ0v) is 20.2. The van der Waals surface area contributed by atoms with Crippen LogP contribution in [0.1, 0.15) is 30.9 Å². The molecule has 0 spiro atoms. The van der Waals surface area contributed by atoms with Crippen LogP contribution in [0, 0.1) is 0 Å². The number of hydrogen-bond donors (Lipinski definition) is 1. The maximum Gasteiger partial charge on any atom is 0.334 e. The summed E-state index contributed by atoms with van der Waals surface area (Å²) in [6, 6.07) is 16.1. The highest BCUT2D eigenvalue weighted by Crippen LogP contribution is 2.29. The first kappa shape index (κ1) is 24.0. The Hall–Kier alpha value is -3.10. The lowest BCUT2D eigenvalue weighted by atomic mass is 10.0. The lowest BCUT2D eigenvalue weighted by Crippen LogP contribution is -2.75. The molecule has 2 aromatic carbocycles. The van der Waals surface area contributed by atoms with E-state index >= 15 is 0 Å². The molecule has 2 fully saturated rings. The molecule has 0 bridgehead atoms. The van der Waals surface area contributed by atoms with Crippen LogP contribution in [0.25, 0.3) is 0 Å². The molecule has 8 nitrogen and oxygen atoms in total. The third-order valence-corrected chi connectivity index (χ3v) is 6.49. The van der Waals surface area contributed by atoms with Gasteiger partial charge in [0.2, 0.25) is 11.8 Å². The Morgan fingerprint density at radius 2 is 1.82 bits per heavy atom. The van der Waals surface area contributed by atoms with Crippen molar-refractivity contribution >= 4 is 29.4 Å². The summed E-state index contributed by atoms with van der Waals surface area (Å²) in [5.41, 5.74) is 1.88. The number of piperazine rings is 1. The van der Waals surface area contributed by atoms with Gasteiger partial charge in [-0.1, -0.05) is 67.4 Å². The molecule has 4 rings (SSSR count). The molecule has 0 aromatic heterocycles. The normalized spacial score (nSPS) is 21.0. The van der Waals surface area contributed by atoms with Crippen molar-refractivity contribution in [2.24, 2.45) is 0 Å². The highest BCUT2D eigenvalue weighted by atomic mass is 35.5. The van der Waals surface area contributed by atoms with E-state index in [2.05, 4.69) is 5.32 Å². The summed E-state index contributed by atoms with van der Waals surface area (Å²) in [5.74, 6) is -0.241. The second-order valence-corrected chi connectivity index (χ2v) is 9.18. The number of nitrogens with zero attached hydrogens (tertiary/aromatic N) is 4. The van der Waals surface area contributed by atoms with Gasteiger partial charge in [-0.2, -0.15) is 0 Å². The number of halogens is 1. The molecule has 2 aliphatic rings. The number of hydrazine groups is 1. The summed E-state index contributed by atoms with van der Waals surface area (Å²) >= 11 is 6.15. The van der Waals surface area contributed by atoms with Crippen LogP contribution in [-0.2, 0) is 22.7 Å². The van der Waals surface area contributed by atoms with Crippen LogP contribution in [0.5, 0.6) is 0 Å². The number of urea groups is 1. The molecule has 180 valence electrons. The zero-order valence-electron chi connectivity index (χ0n) is 19.5. The zero-order chi connectivity index (χ0) is 24.2. The SMILES string of the molecule is CCC[C@H]1C(=O)N(Cc2cccc(Cl)c2)C[C@H]2N1C(=O)CN(C)N2C(=O)NCc1ccccc1. The van der Waals surface area contributed by atoms with Gasteiger partial charge in [0.25, 0.3) is 0 Å². The van der Waals surface area contributed by atoms with Crippen LogP contribution >= 0.6 is 11.6 Å². The summed E-state index contributed by atoms with van der Waals surface area (Å²) in [5, 5.41) is 6.78. The molecule has 2 aliphatic heterocycles. The van der Waals surface area contributed by atoms with Gasteiger partial charge in [0.15, 0.2) is 0 Å². The van der Waals surface area contributed by atoms with E-state index in [1.807, 2.05) is 55.5 Å². The minimum Gasteiger partial charge on any atom is -0.333 e. The standard InChI is InChI=1S/C25H30ClN5O3/c1-3-8-21-24(33)29(15-19-11-7-12-20(26)13-19)16-22-30(21)23(32)17-28(2)31(22)25(34)27-14-18-9-5-4-6-10-18/h4-7,9-13,21-22H,3,8,14-17H2,1-2H3,(H,27,34)/t21-,22-/m0/s1. The Balaban J connectivity index is 1.59. The second kappa shape index (κ2) is 10.4. The average Bonchev–Trinajstić information content (AvgIpc) is 2.81. The van der Waals surface area contributed by atoms with E-state index in [0.29, 0.717) is 24.5 Å². The van der Waals surface area contributed by atoms with Gasteiger partial charge in [0.05, 0.1) is 13.1 Å². The second-order valence-electron chi connectivity index (χ2n) is 8.74. The molecule has 0 aliphatic carbocycles. The first-order valence-corrected chi connectivity index (χ1v) is 11.9. The summed E-state index contributed by atoms with van der Waals surface area (Å²) in [6.45, 7) is 2.98. The molecule has 0 radical (unpaired) electrons. The fourth-order valence-corrected chi connectivity index (χ4v) is 4.92. The summed E-state index contributed by atoms with van der Waals surface area (Å²) in [6.07, 6.45) is 0.694. The molecule has 9 heteroatoms. The third-order valence-electron chi connectivity index (χ3n) is 6.26. The lowest BCUT2D eigenvalue weighted by molar-refractivity contribution is -0.188. The molecule has 1 N–H and O–H groups in total. The Morgan fingerprint density at radius 1 is 1.09 bits per heavy atom. The van der Waals surface area contributed by atoms with Crippen molar-refractivity contribution in [2.75, 3.05) is 20.1 Å². The van der Waals surface area contributed by atoms with Crippen LogP contribution in [0.2, 0.25) is 5.02 Å². The third kappa shape index (κ3) is 5.03. The van der Waals surface area contributed by atoms with E-state index in [4.69, 9.17) is 11.6 Å². The fraction of sp³-hybridized carbons (Fsp3) is 0.400. The van der Waals surface area contributed by atoms with Crippen LogP contribution in [0.4, 0.5) is 4.79 Å². The number of rotatable bonds is 6. The molecule has 2 saturated heterocycles. The van der Waals surface area contributed by atoms with Crippen molar-refractivity contribution in [3.8, 4) is 0 Å². The van der Waals surface area contributed by atoms with Crippen molar-refractivity contribution < 1.29 is 14.4 Å². The van der Waals surface area contributed by atoms with E-state index in [0.717, 1.165) is 17.5 Å². The van der Waals surface area contributed by atoms with Crippen LogP contribution in [-0.4, -0.2) is 70.0 Å². The molecule has 2 atom stereocenters. The molecule has 2 heterocycles. The average molecular weight is 484 g/mol. The van der Waals surface area contributed by atoms with Gasteiger partial charge in [-0.3, -0.25) is 9.59 Å². The van der Waals surface area contributed by atoms with Gasteiger partial charge in [-0.05, 0) is 29.7 Å². The predicted molar refractivity (Wildman–Crippen MR) is 129 cm³/mol. The van der Waals surface area contributed by atoms with E-state index < -0.39 is 12.2 Å². The molecule has 0 unspecified atom stereocenters. The first-order chi connectivity index (χ1) is 16.4. The number of amides is 4. The number of carbonyl (C=O) groups is 3. The Morgan fingerprint density at radius 3 is 2.53 bits per heavy atom. The van der Waals surface area contributed by atoms with Crippen LogP contribution < -0.4 is 5.32 Å². The maximum atomic E-state index is 13.4. The van der Waals surface area contributed by atoms with E-state index in [9.17, 15) is 14.4 Å². The number of fused-ring (bicyclic) bond motifs is 1. The molecule has 0 saturated carbocycles. The topological polar surface area (TPSA) is 76.2 Å². The molecule has 4 amide bonds. The number of carbonyl (C=O) groups excluding carboxylic acids is 3. The van der Waals surface area contributed by atoms with Gasteiger partial charge < -0.3 is 15.1 Å². The van der Waals surface area contributed by atoms with E-state index in [1.54, 1.807) is 32.9 Å². The Kier molecular flexibility index (Phi) is 7.38. The largest absolute Gasteiger partial charge is 0.334 e. The minimum atomic E-state index is -0.603. The van der Waals surface area contributed by atoms with Gasteiger partial charge in [0.1, 0.15) is 12.2 Å². The van der Waals surface area contributed by atoms with E-state index in [1.165, 1.54) is 0 Å². The van der Waals surface area contributed by atoms with Gasteiger partial charge >= 0.3 is 6.03 Å². The van der Waals surface area contributed by atoms with Crippen molar-refractivity contribution in [1.82, 2.24) is 25.1 Å². The van der Waals surface area contributed by atoms with E-state index in [-0.39, 0.29) is 30.9 Å². The van der Waals surface area contributed by atoms with Gasteiger partial charge in [0, 0.05) is 25.2 Å². The van der Waals surface area contributed by atoms with Crippen LogP contribution in [0.15, 0.2) is 54.6 Å². The highest BCUT2D eigenvalue weighted by Gasteiger charge is 2.50. The molecule has 34 heavy (non-hydrogen) atoms. The first-order valence-electron chi connectivity index (χ1n) is 11.6. The number of hydrogen-bond acceptors (Lipinski definition) is 4. The fourth-order valence-electron chi connectivity index (χ4n) is 4.71. The monoisotopic (exact) mass is 483 g/mol. The number of nitrogens with one attached hydrogen (secondary N) is 1. The van der Waals surface area contributed by atoms with Crippen LogP contribution in [0.3, 0.4) is 0 Å². The minimum absolute atomic E-state index is 0.0387. The summed E-state index contributed by atoms with van der Waals surface area (Å²) in [7, 11) is 1.73. The number of benzene rings is 2. The molecule has 2 aromatic rings. The van der Waals surface area contributed by atoms with Gasteiger partial charge in [-0.15, -0.1) is 0 Å². The molecular formula is C25H30ClN5O3. The Labute approximate surface area is 205 Å². The summed E-state index contributed by atoms with van der Waals surface area (Å²) < 4.78 is 0. The highest BCUT2D eigenvalue weighted by molar-refractivity contribution is 6.30. The van der Waals surface area contributed by atoms with Gasteiger partial charge in [-0.25, -0.2) is 14.8 Å². The van der Waals surface area contributed by atoms with Crippen molar-refractivity contribution in [3.05, 3.63) is 70.7 Å². The Bertz CT molecular complexity index is 1050.